The van der Waals surface area contributed by atoms with Crippen LogP contribution < -0.4 is 4.74 Å². The molecule has 0 amide bonds. The van der Waals surface area contributed by atoms with Crippen molar-refractivity contribution in [2.24, 2.45) is 0 Å². The third-order valence-corrected chi connectivity index (χ3v) is 2.77. The minimum Gasteiger partial charge on any atom is -0.496 e. The number of esters is 1. The van der Waals surface area contributed by atoms with Crippen molar-refractivity contribution in [1.82, 2.24) is 0 Å². The van der Waals surface area contributed by atoms with Crippen molar-refractivity contribution in [3.63, 3.8) is 0 Å². The number of benzene rings is 1. The molecule has 0 fully saturated rings. The molecule has 0 aliphatic rings. The monoisotopic (exact) mass is 272 g/mol. The van der Waals surface area contributed by atoms with Crippen molar-refractivity contribution < 1.29 is 14.3 Å². The molecule has 0 saturated heterocycles. The third-order valence-electron chi connectivity index (χ3n) is 1.91. The van der Waals surface area contributed by atoms with E-state index in [2.05, 4.69) is 15.9 Å². The second-order valence-electron chi connectivity index (χ2n) is 2.86. The van der Waals surface area contributed by atoms with E-state index < -0.39 is 4.83 Å². The summed E-state index contributed by atoms with van der Waals surface area (Å²) >= 11 is 3.29. The minimum atomic E-state index is -0.478. The van der Waals surface area contributed by atoms with E-state index in [0.717, 1.165) is 5.56 Å². The van der Waals surface area contributed by atoms with Crippen LogP contribution in [0.15, 0.2) is 24.3 Å². The van der Waals surface area contributed by atoms with Crippen LogP contribution in [0.1, 0.15) is 17.3 Å². The van der Waals surface area contributed by atoms with E-state index in [0.29, 0.717) is 12.4 Å². The lowest BCUT2D eigenvalue weighted by Gasteiger charge is -2.12. The summed E-state index contributed by atoms with van der Waals surface area (Å²) in [5, 5.41) is 0. The van der Waals surface area contributed by atoms with E-state index in [1.807, 2.05) is 24.3 Å². The smallest absolute Gasteiger partial charge is 0.324 e. The molecule has 1 aromatic carbocycles. The largest absolute Gasteiger partial charge is 0.496 e. The lowest BCUT2D eigenvalue weighted by atomic mass is 10.1. The summed E-state index contributed by atoms with van der Waals surface area (Å²) in [6, 6.07) is 7.34. The number of hydrogen-bond donors (Lipinski definition) is 0. The van der Waals surface area contributed by atoms with Crippen molar-refractivity contribution in [2.75, 3.05) is 13.7 Å². The number of para-hydroxylation sites is 1. The van der Waals surface area contributed by atoms with Crippen LogP contribution in [0, 0.1) is 0 Å². The lowest BCUT2D eigenvalue weighted by Crippen LogP contribution is -2.11. The molecule has 4 heteroatoms. The topological polar surface area (TPSA) is 35.5 Å². The highest BCUT2D eigenvalue weighted by Gasteiger charge is 2.21. The Morgan fingerprint density at radius 1 is 1.47 bits per heavy atom. The molecule has 0 unspecified atom stereocenters. The maximum absolute atomic E-state index is 11.5. The van der Waals surface area contributed by atoms with Crippen molar-refractivity contribution >= 4 is 21.9 Å². The number of rotatable bonds is 4. The van der Waals surface area contributed by atoms with Crippen LogP contribution in [0.3, 0.4) is 0 Å². The standard InChI is InChI=1S/C11H13BrO3/c1-3-15-11(13)10(12)8-6-4-5-7-9(8)14-2/h4-7,10H,3H2,1-2H3/t10-/m1/s1. The van der Waals surface area contributed by atoms with Crippen LogP contribution in [-0.2, 0) is 9.53 Å². The van der Waals surface area contributed by atoms with Gasteiger partial charge in [0.25, 0.3) is 0 Å². The van der Waals surface area contributed by atoms with Gasteiger partial charge in [-0.3, -0.25) is 4.79 Å². The molecule has 0 spiro atoms. The molecule has 82 valence electrons. The van der Waals surface area contributed by atoms with Gasteiger partial charge in [-0.25, -0.2) is 0 Å². The Morgan fingerprint density at radius 2 is 2.13 bits per heavy atom. The van der Waals surface area contributed by atoms with Crippen LogP contribution in [0.5, 0.6) is 5.75 Å². The van der Waals surface area contributed by atoms with Crippen molar-refractivity contribution in [3.05, 3.63) is 29.8 Å². The predicted molar refractivity (Wildman–Crippen MR) is 61.3 cm³/mol. The van der Waals surface area contributed by atoms with Gasteiger partial charge in [-0.15, -0.1) is 0 Å². The molecule has 1 rings (SSSR count). The van der Waals surface area contributed by atoms with Gasteiger partial charge in [-0.1, -0.05) is 34.1 Å². The van der Waals surface area contributed by atoms with Crippen LogP contribution in [0.4, 0.5) is 0 Å². The van der Waals surface area contributed by atoms with Gasteiger partial charge in [0.05, 0.1) is 13.7 Å². The first-order chi connectivity index (χ1) is 7.20. The Hall–Kier alpha value is -1.03. The maximum atomic E-state index is 11.5. The molecule has 0 aliphatic heterocycles. The fourth-order valence-electron chi connectivity index (χ4n) is 1.22. The first-order valence-electron chi connectivity index (χ1n) is 4.64. The zero-order valence-corrected chi connectivity index (χ0v) is 10.3. The molecule has 1 aromatic rings. The Labute approximate surface area is 97.5 Å². The number of alkyl halides is 1. The van der Waals surface area contributed by atoms with Crippen molar-refractivity contribution in [2.45, 2.75) is 11.8 Å². The van der Waals surface area contributed by atoms with Crippen molar-refractivity contribution in [1.29, 1.82) is 0 Å². The first kappa shape index (κ1) is 12.0. The first-order valence-corrected chi connectivity index (χ1v) is 5.55. The lowest BCUT2D eigenvalue weighted by molar-refractivity contribution is -0.142. The molecule has 0 aromatic heterocycles. The highest BCUT2D eigenvalue weighted by Crippen LogP contribution is 2.31. The van der Waals surface area contributed by atoms with Crippen LogP contribution in [-0.4, -0.2) is 19.7 Å². The maximum Gasteiger partial charge on any atom is 0.324 e. The molecule has 3 nitrogen and oxygen atoms in total. The average molecular weight is 273 g/mol. The molecular formula is C11H13BrO3. The summed E-state index contributed by atoms with van der Waals surface area (Å²) in [5.74, 6) is 0.370. The fraction of sp³-hybridized carbons (Fsp3) is 0.364. The van der Waals surface area contributed by atoms with Gasteiger partial charge in [-0.2, -0.15) is 0 Å². The van der Waals surface area contributed by atoms with Gasteiger partial charge in [0.15, 0.2) is 0 Å². The van der Waals surface area contributed by atoms with Gasteiger partial charge >= 0.3 is 5.97 Å². The predicted octanol–water partition coefficient (Wildman–Crippen LogP) is 2.69. The van der Waals surface area contributed by atoms with E-state index >= 15 is 0 Å². The molecular weight excluding hydrogens is 260 g/mol. The molecule has 0 bridgehead atoms. The number of halogens is 1. The zero-order valence-electron chi connectivity index (χ0n) is 8.70. The van der Waals surface area contributed by atoms with Gasteiger partial charge < -0.3 is 9.47 Å². The Morgan fingerprint density at radius 3 is 2.73 bits per heavy atom. The number of carbonyl (C=O) groups is 1. The molecule has 0 N–H and O–H groups in total. The molecule has 0 heterocycles. The molecule has 15 heavy (non-hydrogen) atoms. The summed E-state index contributed by atoms with van der Waals surface area (Å²) in [6.07, 6.45) is 0. The van der Waals surface area contributed by atoms with E-state index in [4.69, 9.17) is 9.47 Å². The number of methoxy groups -OCH3 is 1. The van der Waals surface area contributed by atoms with Gasteiger partial charge in [0, 0.05) is 5.56 Å². The quantitative estimate of drug-likeness (QED) is 0.625. The Kier molecular flexibility index (Phi) is 4.62. The van der Waals surface area contributed by atoms with E-state index in [9.17, 15) is 4.79 Å². The average Bonchev–Trinajstić information content (AvgIpc) is 2.28. The zero-order chi connectivity index (χ0) is 11.3. The number of hydrogen-bond acceptors (Lipinski definition) is 3. The summed E-state index contributed by atoms with van der Waals surface area (Å²) in [5.41, 5.74) is 0.776. The Balaban J connectivity index is 2.89. The minimum absolute atomic E-state index is 0.304. The SMILES string of the molecule is CCOC(=O)[C@H](Br)c1ccccc1OC. The van der Waals surface area contributed by atoms with Gasteiger partial charge in [0.1, 0.15) is 10.6 Å². The van der Waals surface area contributed by atoms with E-state index in [-0.39, 0.29) is 5.97 Å². The molecule has 0 saturated carbocycles. The summed E-state index contributed by atoms with van der Waals surface area (Å²) < 4.78 is 10.1. The molecule has 0 radical (unpaired) electrons. The fourth-order valence-corrected chi connectivity index (χ4v) is 1.73. The highest BCUT2D eigenvalue weighted by atomic mass is 79.9. The van der Waals surface area contributed by atoms with E-state index in [1.165, 1.54) is 0 Å². The summed E-state index contributed by atoms with van der Waals surface area (Å²) in [6.45, 7) is 2.15. The second kappa shape index (κ2) is 5.75. The van der Waals surface area contributed by atoms with Crippen LogP contribution >= 0.6 is 15.9 Å². The highest BCUT2D eigenvalue weighted by molar-refractivity contribution is 9.09. The van der Waals surface area contributed by atoms with E-state index in [1.54, 1.807) is 14.0 Å². The number of ether oxygens (including phenoxy) is 2. The number of carbonyl (C=O) groups excluding carboxylic acids is 1. The van der Waals surface area contributed by atoms with Crippen molar-refractivity contribution in [3.8, 4) is 5.75 Å². The molecule has 0 aliphatic carbocycles. The van der Waals surface area contributed by atoms with Crippen LogP contribution in [0.25, 0.3) is 0 Å². The molecule has 1 atom stereocenters. The third kappa shape index (κ3) is 2.96. The van der Waals surface area contributed by atoms with Gasteiger partial charge in [-0.05, 0) is 13.0 Å². The van der Waals surface area contributed by atoms with Gasteiger partial charge in [0.2, 0.25) is 0 Å². The summed E-state index contributed by atoms with van der Waals surface area (Å²) in [7, 11) is 1.57. The van der Waals surface area contributed by atoms with Crippen LogP contribution in [0.2, 0.25) is 0 Å². The second-order valence-corrected chi connectivity index (χ2v) is 3.77. The Bertz CT molecular complexity index is 338. The normalized spacial score (nSPS) is 11.9. The summed E-state index contributed by atoms with van der Waals surface area (Å²) in [4.78, 5) is 11.0.